The first-order valence-corrected chi connectivity index (χ1v) is 13.5. The van der Waals surface area contributed by atoms with Gasteiger partial charge in [0.1, 0.15) is 6.10 Å². The molecule has 0 N–H and O–H groups in total. The molecule has 0 aromatic carbocycles. The number of cyclic esters (lactones) is 1. The molecule has 3 aliphatic rings. The molecule has 1 fully saturated rings. The zero-order valence-corrected chi connectivity index (χ0v) is 20.5. The van der Waals surface area contributed by atoms with Crippen LogP contribution in [0.5, 0.6) is 0 Å². The maximum absolute atomic E-state index is 12.4. The summed E-state index contributed by atoms with van der Waals surface area (Å²) in [4.78, 5) is 12.4. The molecule has 1 saturated heterocycles. The van der Waals surface area contributed by atoms with E-state index in [2.05, 4.69) is 53.9 Å². The molecule has 3 rings (SSSR count). The molecule has 168 valence electrons. The van der Waals surface area contributed by atoms with Gasteiger partial charge in [-0.2, -0.15) is 0 Å². The van der Waals surface area contributed by atoms with Crippen molar-refractivity contribution in [2.24, 2.45) is 0 Å². The summed E-state index contributed by atoms with van der Waals surface area (Å²) in [5.74, 6) is -0.767. The molecule has 30 heavy (non-hydrogen) atoms. The van der Waals surface area contributed by atoms with E-state index in [1.165, 1.54) is 0 Å². The second-order valence-electron chi connectivity index (χ2n) is 9.77. The van der Waals surface area contributed by atoms with Crippen LogP contribution in [0.15, 0.2) is 29.0 Å². The number of hydrogen-bond donors (Lipinski definition) is 0. The molecule has 5 nitrogen and oxygen atoms in total. The van der Waals surface area contributed by atoms with Crippen molar-refractivity contribution in [1.82, 2.24) is 0 Å². The van der Waals surface area contributed by atoms with Crippen LogP contribution in [0, 0.1) is 0 Å². The highest BCUT2D eigenvalue weighted by atomic mass is 28.4. The molecule has 2 heterocycles. The summed E-state index contributed by atoms with van der Waals surface area (Å²) in [7, 11) is -1.99. The fraction of sp³-hybridized carbons (Fsp3) is 0.750. The van der Waals surface area contributed by atoms with Crippen molar-refractivity contribution < 1.29 is 23.4 Å². The topological polar surface area (TPSA) is 54.0 Å². The summed E-state index contributed by atoms with van der Waals surface area (Å²) in [6.45, 7) is 19.3. The molecule has 0 saturated carbocycles. The smallest absolute Gasteiger partial charge is 0.334 e. The van der Waals surface area contributed by atoms with Crippen LogP contribution in [-0.4, -0.2) is 46.0 Å². The Balaban J connectivity index is 1.72. The van der Waals surface area contributed by atoms with Crippen molar-refractivity contribution >= 4 is 14.3 Å². The zero-order valence-electron chi connectivity index (χ0n) is 19.5. The van der Waals surface area contributed by atoms with E-state index in [-0.39, 0.29) is 12.1 Å². The summed E-state index contributed by atoms with van der Waals surface area (Å²) >= 11 is 0. The lowest BCUT2D eigenvalue weighted by Gasteiger charge is -2.42. The lowest BCUT2D eigenvalue weighted by atomic mass is 9.84. The average molecular weight is 435 g/mol. The standard InChI is InChI=1S/C24H38O5Si/c1-8-19(15-28-30(16(2)3,17(4)5)18(6)7)13-22-21-14-24(26-11-12-27-24)10-9-20(21)23(25)29-22/h16-18,22H,1,9-15H2,2-7H3. The van der Waals surface area contributed by atoms with E-state index in [4.69, 9.17) is 18.6 Å². The molecule has 1 unspecified atom stereocenters. The molecule has 2 aliphatic heterocycles. The normalized spacial score (nSPS) is 23.5. The molecular formula is C24H38O5Si. The molecule has 0 aromatic rings. The van der Waals surface area contributed by atoms with Crippen LogP contribution in [0.2, 0.25) is 16.6 Å². The van der Waals surface area contributed by atoms with Crippen molar-refractivity contribution in [2.75, 3.05) is 19.8 Å². The maximum Gasteiger partial charge on any atom is 0.334 e. The Morgan fingerprint density at radius 3 is 2.30 bits per heavy atom. The highest BCUT2D eigenvalue weighted by Crippen LogP contribution is 2.45. The van der Waals surface area contributed by atoms with Crippen LogP contribution in [-0.2, 0) is 23.4 Å². The number of ether oxygens (including phenoxy) is 3. The van der Waals surface area contributed by atoms with Gasteiger partial charge in [0.05, 0.1) is 19.8 Å². The lowest BCUT2D eigenvalue weighted by molar-refractivity contribution is -0.164. The Morgan fingerprint density at radius 1 is 1.17 bits per heavy atom. The average Bonchev–Trinajstić information content (AvgIpc) is 3.25. The number of hydrogen-bond acceptors (Lipinski definition) is 5. The Hall–Kier alpha value is -1.17. The number of carbonyl (C=O) groups excluding carboxylic acids is 1. The minimum atomic E-state index is -1.99. The van der Waals surface area contributed by atoms with Crippen LogP contribution in [0.1, 0.15) is 67.2 Å². The first kappa shape index (κ1) is 23.5. The summed E-state index contributed by atoms with van der Waals surface area (Å²) < 4.78 is 24.3. The van der Waals surface area contributed by atoms with Gasteiger partial charge in [0, 0.05) is 24.8 Å². The van der Waals surface area contributed by atoms with Crippen molar-refractivity contribution in [3.05, 3.63) is 29.0 Å². The Labute approximate surface area is 182 Å². The van der Waals surface area contributed by atoms with Crippen molar-refractivity contribution in [1.29, 1.82) is 0 Å². The molecule has 1 aliphatic carbocycles. The van der Waals surface area contributed by atoms with E-state index in [1.54, 1.807) is 0 Å². The number of rotatable bonds is 8. The van der Waals surface area contributed by atoms with Gasteiger partial charge >= 0.3 is 5.97 Å². The quantitative estimate of drug-likeness (QED) is 0.290. The van der Waals surface area contributed by atoms with Crippen LogP contribution < -0.4 is 0 Å². The maximum atomic E-state index is 12.4. The molecular weight excluding hydrogens is 396 g/mol. The van der Waals surface area contributed by atoms with Gasteiger partial charge in [0.25, 0.3) is 0 Å². The first-order chi connectivity index (χ1) is 14.1. The van der Waals surface area contributed by atoms with Gasteiger partial charge in [0.15, 0.2) is 5.79 Å². The number of carbonyl (C=O) groups is 1. The molecule has 0 aromatic heterocycles. The van der Waals surface area contributed by atoms with Crippen LogP contribution >= 0.6 is 0 Å². The monoisotopic (exact) mass is 434 g/mol. The minimum Gasteiger partial charge on any atom is -0.454 e. The van der Waals surface area contributed by atoms with E-state index < -0.39 is 14.1 Å². The van der Waals surface area contributed by atoms with Gasteiger partial charge in [0.2, 0.25) is 8.32 Å². The van der Waals surface area contributed by atoms with Gasteiger partial charge < -0.3 is 18.6 Å². The largest absolute Gasteiger partial charge is 0.454 e. The predicted octanol–water partition coefficient (Wildman–Crippen LogP) is 5.43. The third-order valence-corrected chi connectivity index (χ3v) is 13.2. The molecule has 0 radical (unpaired) electrons. The fourth-order valence-electron chi connectivity index (χ4n) is 5.80. The highest BCUT2D eigenvalue weighted by Gasteiger charge is 2.48. The van der Waals surface area contributed by atoms with Crippen LogP contribution in [0.3, 0.4) is 0 Å². The Kier molecular flexibility index (Phi) is 7.15. The molecule has 1 spiro atoms. The third-order valence-electron chi connectivity index (χ3n) is 7.19. The molecule has 1 atom stereocenters. The first-order valence-electron chi connectivity index (χ1n) is 11.4. The summed E-state index contributed by atoms with van der Waals surface area (Å²) in [6, 6.07) is 0. The van der Waals surface area contributed by atoms with Crippen molar-refractivity contribution in [3.63, 3.8) is 0 Å². The summed E-state index contributed by atoms with van der Waals surface area (Å²) in [5.41, 5.74) is 7.41. The van der Waals surface area contributed by atoms with Crippen molar-refractivity contribution in [2.45, 2.75) is 95.7 Å². The minimum absolute atomic E-state index is 0.192. The van der Waals surface area contributed by atoms with Gasteiger partial charge in [-0.05, 0) is 34.2 Å². The number of esters is 1. The van der Waals surface area contributed by atoms with E-state index >= 15 is 0 Å². The molecule has 0 amide bonds. The second kappa shape index (κ2) is 9.13. The SMILES string of the molecule is C=C=C(CO[Si](C(C)C)(C(C)C)C(C)C)CC1OC(=O)C2=C1CC1(CC2)OCCO1. The van der Waals surface area contributed by atoms with Crippen LogP contribution in [0.25, 0.3) is 0 Å². The summed E-state index contributed by atoms with van der Waals surface area (Å²) in [5, 5.41) is 0. The van der Waals surface area contributed by atoms with E-state index in [0.717, 1.165) is 16.7 Å². The fourth-order valence-corrected chi connectivity index (χ4v) is 11.2. The third kappa shape index (κ3) is 4.26. The van der Waals surface area contributed by atoms with E-state index in [9.17, 15) is 4.79 Å². The van der Waals surface area contributed by atoms with Gasteiger partial charge in [-0.15, -0.1) is 5.73 Å². The Morgan fingerprint density at radius 2 is 1.77 bits per heavy atom. The summed E-state index contributed by atoms with van der Waals surface area (Å²) in [6.07, 6.45) is 2.25. The van der Waals surface area contributed by atoms with Crippen molar-refractivity contribution in [3.8, 4) is 0 Å². The van der Waals surface area contributed by atoms with Crippen LogP contribution in [0.4, 0.5) is 0 Å². The predicted molar refractivity (Wildman–Crippen MR) is 120 cm³/mol. The highest BCUT2D eigenvalue weighted by molar-refractivity contribution is 6.77. The van der Waals surface area contributed by atoms with Gasteiger partial charge in [-0.3, -0.25) is 0 Å². The van der Waals surface area contributed by atoms with Gasteiger partial charge in [-0.1, -0.05) is 48.1 Å². The lowest BCUT2D eigenvalue weighted by Crippen LogP contribution is -2.48. The van der Waals surface area contributed by atoms with E-state index in [1.807, 2.05) is 0 Å². The second-order valence-corrected chi connectivity index (χ2v) is 15.2. The van der Waals surface area contributed by atoms with E-state index in [0.29, 0.717) is 62.1 Å². The van der Waals surface area contributed by atoms with Gasteiger partial charge in [-0.25, -0.2) is 4.79 Å². The Bertz CT molecular complexity index is 717. The molecule has 0 bridgehead atoms. The zero-order chi connectivity index (χ0) is 22.1. The molecule has 6 heteroatoms.